The fourth-order valence-corrected chi connectivity index (χ4v) is 2.52. The van der Waals surface area contributed by atoms with E-state index in [0.29, 0.717) is 11.3 Å². The lowest BCUT2D eigenvalue weighted by Gasteiger charge is -2.09. The Balaban J connectivity index is 1.87. The van der Waals surface area contributed by atoms with Gasteiger partial charge in [0.2, 0.25) is 5.91 Å². The number of aromatic amines is 1. The van der Waals surface area contributed by atoms with Crippen molar-refractivity contribution in [1.29, 1.82) is 0 Å². The summed E-state index contributed by atoms with van der Waals surface area (Å²) >= 11 is 0. The molecule has 1 amide bonds. The highest BCUT2D eigenvalue weighted by molar-refractivity contribution is 5.97. The fourth-order valence-electron chi connectivity index (χ4n) is 2.52. The molecule has 3 aromatic rings. The Morgan fingerprint density at radius 1 is 1.04 bits per heavy atom. The van der Waals surface area contributed by atoms with Crippen molar-refractivity contribution in [3.8, 4) is 0 Å². The first-order valence-electron chi connectivity index (χ1n) is 7.58. The molecular formula is C18H15N3O4. The van der Waals surface area contributed by atoms with Gasteiger partial charge in [-0.2, -0.15) is 0 Å². The number of carbonyl (C=O) groups excluding carboxylic acids is 2. The summed E-state index contributed by atoms with van der Waals surface area (Å²) in [7, 11) is 0. The number of Topliss-reactive ketones (excluding diaryl/α,β-unsaturated/α-hetero) is 1. The van der Waals surface area contributed by atoms with E-state index in [0.717, 1.165) is 4.68 Å². The molecule has 0 aliphatic rings. The van der Waals surface area contributed by atoms with Gasteiger partial charge >= 0.3 is 0 Å². The van der Waals surface area contributed by atoms with Crippen molar-refractivity contribution < 1.29 is 9.59 Å². The summed E-state index contributed by atoms with van der Waals surface area (Å²) < 4.78 is 0.967. The van der Waals surface area contributed by atoms with E-state index < -0.39 is 17.0 Å². The molecule has 0 radical (unpaired) electrons. The van der Waals surface area contributed by atoms with Crippen molar-refractivity contribution in [1.82, 2.24) is 9.78 Å². The third-order valence-electron chi connectivity index (χ3n) is 3.74. The zero-order chi connectivity index (χ0) is 18.0. The molecule has 1 aromatic heterocycles. The molecule has 0 atom stereocenters. The van der Waals surface area contributed by atoms with Crippen LogP contribution in [-0.4, -0.2) is 21.5 Å². The smallest absolute Gasteiger partial charge is 0.273 e. The van der Waals surface area contributed by atoms with E-state index in [1.165, 1.54) is 13.0 Å². The number of carbonyl (C=O) groups is 2. The molecule has 25 heavy (non-hydrogen) atoms. The fraction of sp³-hybridized carbons (Fsp3) is 0.111. The number of aromatic nitrogens is 2. The zero-order valence-corrected chi connectivity index (χ0v) is 13.4. The average molecular weight is 337 g/mol. The van der Waals surface area contributed by atoms with E-state index in [1.807, 2.05) is 0 Å². The Morgan fingerprint density at radius 2 is 1.76 bits per heavy atom. The number of rotatable bonds is 4. The standard InChI is InChI=1S/C18H15N3O4/c1-11(22)12-5-4-6-13(9-12)19-16(23)10-21-18(25)15-8-3-2-7-14(15)17(24)20-21/h2-9H,10H2,1H3,(H,19,23)(H,20,24). The number of amides is 1. The molecule has 1 heterocycles. The molecule has 0 aliphatic heterocycles. The van der Waals surface area contributed by atoms with Gasteiger partial charge in [0, 0.05) is 11.3 Å². The van der Waals surface area contributed by atoms with Crippen LogP contribution in [0.15, 0.2) is 58.1 Å². The number of fused-ring (bicyclic) bond motifs is 1. The van der Waals surface area contributed by atoms with Crippen molar-refractivity contribution >= 4 is 28.2 Å². The molecule has 7 nitrogen and oxygen atoms in total. The van der Waals surface area contributed by atoms with Crippen molar-refractivity contribution in [3.63, 3.8) is 0 Å². The molecule has 3 rings (SSSR count). The third-order valence-corrected chi connectivity index (χ3v) is 3.74. The summed E-state index contributed by atoms with van der Waals surface area (Å²) in [5.74, 6) is -0.611. The van der Waals surface area contributed by atoms with Gasteiger partial charge in [-0.1, -0.05) is 24.3 Å². The van der Waals surface area contributed by atoms with Crippen LogP contribution in [0.2, 0.25) is 0 Å². The Morgan fingerprint density at radius 3 is 2.48 bits per heavy atom. The summed E-state index contributed by atoms with van der Waals surface area (Å²) in [4.78, 5) is 48.0. The largest absolute Gasteiger partial charge is 0.324 e. The number of hydrogen-bond donors (Lipinski definition) is 2. The van der Waals surface area contributed by atoms with E-state index >= 15 is 0 Å². The van der Waals surface area contributed by atoms with Gasteiger partial charge in [0.15, 0.2) is 5.78 Å². The topological polar surface area (TPSA) is 101 Å². The number of ketones is 1. The van der Waals surface area contributed by atoms with Gasteiger partial charge in [-0.05, 0) is 31.2 Å². The second-order valence-electron chi connectivity index (χ2n) is 5.56. The van der Waals surface area contributed by atoms with Crippen molar-refractivity contribution in [2.75, 3.05) is 5.32 Å². The number of nitrogens with zero attached hydrogens (tertiary/aromatic N) is 1. The van der Waals surface area contributed by atoms with Gasteiger partial charge in [-0.3, -0.25) is 24.3 Å². The van der Waals surface area contributed by atoms with Crippen LogP contribution in [0.4, 0.5) is 5.69 Å². The predicted octanol–water partition coefficient (Wildman–Crippen LogP) is 1.53. The summed E-state index contributed by atoms with van der Waals surface area (Å²) in [6, 6.07) is 12.9. The molecule has 0 fully saturated rings. The van der Waals surface area contributed by atoms with E-state index in [-0.39, 0.29) is 23.1 Å². The summed E-state index contributed by atoms with van der Waals surface area (Å²) in [6.07, 6.45) is 0. The van der Waals surface area contributed by atoms with Crippen LogP contribution >= 0.6 is 0 Å². The molecule has 0 bridgehead atoms. The zero-order valence-electron chi connectivity index (χ0n) is 13.4. The number of H-pyrrole nitrogens is 1. The lowest BCUT2D eigenvalue weighted by molar-refractivity contribution is -0.117. The summed E-state index contributed by atoms with van der Waals surface area (Å²) in [5, 5.41) is 5.53. The molecule has 126 valence electrons. The molecule has 0 spiro atoms. The second kappa shape index (κ2) is 6.56. The Labute approximate surface area is 141 Å². The van der Waals surface area contributed by atoms with Crippen LogP contribution in [0.25, 0.3) is 10.8 Å². The van der Waals surface area contributed by atoms with Crippen molar-refractivity contribution in [2.45, 2.75) is 13.5 Å². The van der Waals surface area contributed by atoms with E-state index in [2.05, 4.69) is 10.4 Å². The summed E-state index contributed by atoms with van der Waals surface area (Å²) in [5.41, 5.74) is 0.00683. The highest BCUT2D eigenvalue weighted by Crippen LogP contribution is 2.11. The normalized spacial score (nSPS) is 10.6. The first kappa shape index (κ1) is 16.4. The van der Waals surface area contributed by atoms with Crippen LogP contribution in [0.1, 0.15) is 17.3 Å². The molecule has 0 aliphatic carbocycles. The minimum Gasteiger partial charge on any atom is -0.324 e. The monoisotopic (exact) mass is 337 g/mol. The highest BCUT2D eigenvalue weighted by Gasteiger charge is 2.11. The van der Waals surface area contributed by atoms with Gasteiger partial charge in [0.1, 0.15) is 6.54 Å². The highest BCUT2D eigenvalue weighted by atomic mass is 16.2. The quantitative estimate of drug-likeness (QED) is 0.705. The maximum atomic E-state index is 12.4. The van der Waals surface area contributed by atoms with Crippen LogP contribution in [0.3, 0.4) is 0 Å². The van der Waals surface area contributed by atoms with Crippen LogP contribution in [-0.2, 0) is 11.3 Å². The minimum absolute atomic E-state index is 0.119. The summed E-state index contributed by atoms with van der Waals surface area (Å²) in [6.45, 7) is 1.09. The maximum Gasteiger partial charge on any atom is 0.273 e. The minimum atomic E-state index is -0.492. The van der Waals surface area contributed by atoms with Crippen molar-refractivity contribution in [3.05, 3.63) is 74.8 Å². The van der Waals surface area contributed by atoms with Crippen LogP contribution in [0.5, 0.6) is 0 Å². The van der Waals surface area contributed by atoms with Crippen molar-refractivity contribution in [2.24, 2.45) is 0 Å². The first-order valence-corrected chi connectivity index (χ1v) is 7.58. The molecule has 0 saturated heterocycles. The number of nitrogens with one attached hydrogen (secondary N) is 2. The molecule has 2 N–H and O–H groups in total. The number of benzene rings is 2. The van der Waals surface area contributed by atoms with Crippen LogP contribution < -0.4 is 16.4 Å². The SMILES string of the molecule is CC(=O)c1cccc(NC(=O)Cn2[nH]c(=O)c3ccccc3c2=O)c1. The molecular weight excluding hydrogens is 322 g/mol. The average Bonchev–Trinajstić information content (AvgIpc) is 2.59. The van der Waals surface area contributed by atoms with Crippen LogP contribution in [0, 0.1) is 0 Å². The molecule has 0 saturated carbocycles. The number of hydrogen-bond acceptors (Lipinski definition) is 4. The Kier molecular flexibility index (Phi) is 4.30. The Hall–Kier alpha value is -3.48. The third kappa shape index (κ3) is 3.40. The molecule has 7 heteroatoms. The van der Waals surface area contributed by atoms with Gasteiger partial charge in [0.25, 0.3) is 11.1 Å². The predicted molar refractivity (Wildman–Crippen MR) is 93.9 cm³/mol. The van der Waals surface area contributed by atoms with E-state index in [9.17, 15) is 19.2 Å². The van der Waals surface area contributed by atoms with E-state index in [1.54, 1.807) is 42.5 Å². The molecule has 2 aromatic carbocycles. The van der Waals surface area contributed by atoms with E-state index in [4.69, 9.17) is 0 Å². The van der Waals surface area contributed by atoms with Gasteiger partial charge < -0.3 is 5.32 Å². The lowest BCUT2D eigenvalue weighted by atomic mass is 10.1. The van der Waals surface area contributed by atoms with Gasteiger partial charge in [0.05, 0.1) is 10.8 Å². The van der Waals surface area contributed by atoms with Gasteiger partial charge in [-0.25, -0.2) is 4.68 Å². The lowest BCUT2D eigenvalue weighted by Crippen LogP contribution is -2.34. The number of anilines is 1. The van der Waals surface area contributed by atoms with Gasteiger partial charge in [-0.15, -0.1) is 0 Å². The Bertz CT molecular complexity index is 1100. The second-order valence-corrected chi connectivity index (χ2v) is 5.56. The maximum absolute atomic E-state index is 12.4. The molecule has 0 unspecified atom stereocenters. The first-order chi connectivity index (χ1) is 12.0.